The molecule has 170 valence electrons. The van der Waals surface area contributed by atoms with Gasteiger partial charge in [0, 0.05) is 34.6 Å². The fourth-order valence-corrected chi connectivity index (χ4v) is 3.31. The number of amides is 2. The van der Waals surface area contributed by atoms with E-state index < -0.39 is 12.2 Å². The molecule has 8 nitrogen and oxygen atoms in total. The highest BCUT2D eigenvalue weighted by atomic mass is 16.6. The molecule has 2 amide bonds. The Morgan fingerprint density at radius 3 is 1.28 bits per heavy atom. The molecule has 32 heavy (non-hydrogen) atoms. The summed E-state index contributed by atoms with van der Waals surface area (Å²) in [6.45, 7) is 5.35. The van der Waals surface area contributed by atoms with Crippen LogP contribution in [-0.2, 0) is 9.47 Å². The van der Waals surface area contributed by atoms with E-state index in [4.69, 9.17) is 18.9 Å². The number of rotatable bonds is 10. The van der Waals surface area contributed by atoms with Crippen LogP contribution >= 0.6 is 0 Å². The summed E-state index contributed by atoms with van der Waals surface area (Å²) >= 11 is 0. The number of carbonyl (C=O) groups is 2. The molecule has 3 rings (SSSR count). The summed E-state index contributed by atoms with van der Waals surface area (Å²) in [5, 5.41) is 8.68. The summed E-state index contributed by atoms with van der Waals surface area (Å²) in [5.41, 5.74) is 0. The molecule has 0 fully saturated rings. The average molecular weight is 440 g/mol. The maximum absolute atomic E-state index is 11.5. The number of nitrogens with one attached hydrogen (secondary N) is 2. The predicted molar refractivity (Wildman–Crippen MR) is 122 cm³/mol. The molecule has 8 heteroatoms. The topological polar surface area (TPSA) is 95.1 Å². The molecule has 0 saturated carbocycles. The third-order valence-electron chi connectivity index (χ3n) is 4.60. The van der Waals surface area contributed by atoms with Crippen molar-refractivity contribution in [1.82, 2.24) is 10.6 Å². The van der Waals surface area contributed by atoms with Crippen LogP contribution in [-0.4, -0.2) is 51.7 Å². The van der Waals surface area contributed by atoms with Crippen molar-refractivity contribution in [2.75, 3.05) is 39.5 Å². The molecule has 2 N–H and O–H groups in total. The summed E-state index contributed by atoms with van der Waals surface area (Å²) < 4.78 is 22.3. The highest BCUT2D eigenvalue weighted by molar-refractivity contribution is 6.11. The summed E-state index contributed by atoms with van der Waals surface area (Å²) in [6.07, 6.45) is -0.936. The minimum Gasteiger partial charge on any atom is -0.489 e. The first-order chi connectivity index (χ1) is 15.7. The molecule has 0 saturated heterocycles. The van der Waals surface area contributed by atoms with E-state index in [1.54, 1.807) is 0 Å². The van der Waals surface area contributed by atoms with Crippen LogP contribution in [0.2, 0.25) is 0 Å². The molecule has 3 aromatic carbocycles. The first-order valence-corrected chi connectivity index (χ1v) is 10.7. The second-order valence-corrected chi connectivity index (χ2v) is 6.78. The number of hydrogen-bond donors (Lipinski definition) is 2. The van der Waals surface area contributed by atoms with Crippen molar-refractivity contribution in [3.05, 3.63) is 48.5 Å². The lowest BCUT2D eigenvalue weighted by molar-refractivity contribution is 0.125. The lowest BCUT2D eigenvalue weighted by Crippen LogP contribution is -2.25. The molecular weight excluding hydrogens is 412 g/mol. The van der Waals surface area contributed by atoms with Gasteiger partial charge in [-0.1, -0.05) is 48.5 Å². The molecule has 3 aromatic rings. The molecule has 0 unspecified atom stereocenters. The zero-order valence-corrected chi connectivity index (χ0v) is 18.3. The molecule has 0 spiro atoms. The second kappa shape index (κ2) is 11.6. The normalized spacial score (nSPS) is 10.6. The van der Waals surface area contributed by atoms with Gasteiger partial charge >= 0.3 is 12.2 Å². The predicted octanol–water partition coefficient (Wildman–Crippen LogP) is 4.24. The SMILES string of the molecule is CCNC(=O)OCCOc1c2ccccc2c(OCCOC(=O)NCC)c2ccccc12. The Morgan fingerprint density at radius 1 is 0.625 bits per heavy atom. The van der Waals surface area contributed by atoms with Crippen molar-refractivity contribution in [2.45, 2.75) is 13.8 Å². The minimum atomic E-state index is -0.468. The molecule has 0 aromatic heterocycles. The van der Waals surface area contributed by atoms with Crippen molar-refractivity contribution in [1.29, 1.82) is 0 Å². The smallest absolute Gasteiger partial charge is 0.407 e. The fourth-order valence-electron chi connectivity index (χ4n) is 3.31. The van der Waals surface area contributed by atoms with Gasteiger partial charge in [0.15, 0.2) is 0 Å². The molecule has 0 bridgehead atoms. The third kappa shape index (κ3) is 5.72. The van der Waals surface area contributed by atoms with Crippen molar-refractivity contribution >= 4 is 33.7 Å². The lowest BCUT2D eigenvalue weighted by atomic mass is 10.0. The molecule has 0 radical (unpaired) electrons. The summed E-state index contributed by atoms with van der Waals surface area (Å²) in [7, 11) is 0. The van der Waals surface area contributed by atoms with Gasteiger partial charge in [0.25, 0.3) is 0 Å². The van der Waals surface area contributed by atoms with Crippen LogP contribution in [0.4, 0.5) is 9.59 Å². The Kier molecular flexibility index (Phi) is 8.36. The number of fused-ring (bicyclic) bond motifs is 2. The molecule has 0 heterocycles. The molecule has 0 atom stereocenters. The van der Waals surface area contributed by atoms with E-state index in [0.29, 0.717) is 24.6 Å². The Morgan fingerprint density at radius 2 is 0.969 bits per heavy atom. The molecular formula is C24H28N2O6. The van der Waals surface area contributed by atoms with Gasteiger partial charge in [0.1, 0.15) is 37.9 Å². The van der Waals surface area contributed by atoms with Gasteiger partial charge in [-0.15, -0.1) is 0 Å². The average Bonchev–Trinajstić information content (AvgIpc) is 2.80. The van der Waals surface area contributed by atoms with E-state index in [0.717, 1.165) is 21.5 Å². The van der Waals surface area contributed by atoms with Crippen LogP contribution in [0.25, 0.3) is 21.5 Å². The van der Waals surface area contributed by atoms with Crippen LogP contribution < -0.4 is 20.1 Å². The molecule has 0 aliphatic carbocycles. The Labute approximate surface area is 186 Å². The van der Waals surface area contributed by atoms with Crippen LogP contribution in [0.1, 0.15) is 13.8 Å². The van der Waals surface area contributed by atoms with E-state index in [2.05, 4.69) is 10.6 Å². The highest BCUT2D eigenvalue weighted by Gasteiger charge is 2.16. The number of benzene rings is 3. The molecule has 0 aliphatic heterocycles. The second-order valence-electron chi connectivity index (χ2n) is 6.78. The van der Waals surface area contributed by atoms with Gasteiger partial charge in [-0.25, -0.2) is 9.59 Å². The zero-order chi connectivity index (χ0) is 22.8. The lowest BCUT2D eigenvalue weighted by Gasteiger charge is -2.18. The summed E-state index contributed by atoms with van der Waals surface area (Å²) in [5.74, 6) is 1.39. The quantitative estimate of drug-likeness (QED) is 0.362. The van der Waals surface area contributed by atoms with Crippen molar-refractivity contribution in [3.8, 4) is 11.5 Å². The number of hydrogen-bond acceptors (Lipinski definition) is 6. The van der Waals surface area contributed by atoms with Gasteiger partial charge in [-0.2, -0.15) is 0 Å². The van der Waals surface area contributed by atoms with E-state index in [9.17, 15) is 9.59 Å². The van der Waals surface area contributed by atoms with Crippen molar-refractivity contribution in [3.63, 3.8) is 0 Å². The monoisotopic (exact) mass is 440 g/mol. The van der Waals surface area contributed by atoms with Gasteiger partial charge < -0.3 is 29.6 Å². The number of alkyl carbamates (subject to hydrolysis) is 2. The molecule has 0 aliphatic rings. The van der Waals surface area contributed by atoms with E-state index in [1.165, 1.54) is 0 Å². The Bertz CT molecular complexity index is 928. The van der Waals surface area contributed by atoms with Crippen LogP contribution in [0, 0.1) is 0 Å². The van der Waals surface area contributed by atoms with Gasteiger partial charge in [-0.3, -0.25) is 0 Å². The maximum Gasteiger partial charge on any atom is 0.407 e. The summed E-state index contributed by atoms with van der Waals surface area (Å²) in [4.78, 5) is 23.0. The fraction of sp³-hybridized carbons (Fsp3) is 0.333. The van der Waals surface area contributed by atoms with Crippen molar-refractivity contribution < 1.29 is 28.5 Å². The third-order valence-corrected chi connectivity index (χ3v) is 4.60. The van der Waals surface area contributed by atoms with E-state index in [1.807, 2.05) is 62.4 Å². The first kappa shape index (κ1) is 23.0. The summed E-state index contributed by atoms with van der Waals surface area (Å²) in [6, 6.07) is 15.5. The Balaban J connectivity index is 1.82. The number of ether oxygens (including phenoxy) is 4. The standard InChI is InChI=1S/C24H28N2O6/c1-3-25-23(27)31-15-13-29-21-17-9-5-7-11-19(17)22(20-12-8-6-10-18(20)21)30-14-16-32-24(28)26-4-2/h5-12H,3-4,13-16H2,1-2H3,(H,25,27)(H,26,28). The number of carbonyl (C=O) groups excluding carboxylic acids is 2. The van der Waals surface area contributed by atoms with Gasteiger partial charge in [-0.05, 0) is 13.8 Å². The van der Waals surface area contributed by atoms with Crippen LogP contribution in [0.3, 0.4) is 0 Å². The van der Waals surface area contributed by atoms with Crippen LogP contribution in [0.15, 0.2) is 48.5 Å². The van der Waals surface area contributed by atoms with E-state index in [-0.39, 0.29) is 26.4 Å². The van der Waals surface area contributed by atoms with E-state index >= 15 is 0 Å². The maximum atomic E-state index is 11.5. The highest BCUT2D eigenvalue weighted by Crippen LogP contribution is 2.42. The Hall–Kier alpha value is -3.68. The largest absolute Gasteiger partial charge is 0.489 e. The van der Waals surface area contributed by atoms with Gasteiger partial charge in [0.2, 0.25) is 0 Å². The zero-order valence-electron chi connectivity index (χ0n) is 18.3. The minimum absolute atomic E-state index is 0.129. The van der Waals surface area contributed by atoms with Crippen LogP contribution in [0.5, 0.6) is 11.5 Å². The van der Waals surface area contributed by atoms with Gasteiger partial charge in [0.05, 0.1) is 0 Å². The first-order valence-electron chi connectivity index (χ1n) is 10.7. The van der Waals surface area contributed by atoms with Crippen molar-refractivity contribution in [2.24, 2.45) is 0 Å².